The second-order valence-electron chi connectivity index (χ2n) is 7.69. The molecule has 0 aliphatic heterocycles. The maximum atomic E-state index is 12.6. The van der Waals surface area contributed by atoms with Crippen LogP contribution in [0.25, 0.3) is 0 Å². The molecule has 0 aliphatic carbocycles. The summed E-state index contributed by atoms with van der Waals surface area (Å²) >= 11 is 0. The second-order valence-corrected chi connectivity index (χ2v) is 7.69. The van der Waals surface area contributed by atoms with Gasteiger partial charge in [-0.1, -0.05) is 66.7 Å². The molecule has 0 aliphatic rings. The van der Waals surface area contributed by atoms with Crippen LogP contribution in [0.3, 0.4) is 0 Å². The molecule has 0 aromatic heterocycles. The zero-order valence-electron chi connectivity index (χ0n) is 18.6. The molecular formula is C27H28N2O4. The largest absolute Gasteiger partial charge is 0.465 e. The van der Waals surface area contributed by atoms with Crippen molar-refractivity contribution in [3.8, 4) is 0 Å². The predicted octanol–water partition coefficient (Wildman–Crippen LogP) is 4.68. The Morgan fingerprint density at radius 2 is 1.55 bits per heavy atom. The van der Waals surface area contributed by atoms with Gasteiger partial charge in [0.05, 0.1) is 19.1 Å². The van der Waals surface area contributed by atoms with Crippen LogP contribution in [0.2, 0.25) is 0 Å². The zero-order chi connectivity index (χ0) is 23.5. The van der Waals surface area contributed by atoms with Crippen LogP contribution in [0.4, 0.5) is 5.69 Å². The molecule has 0 bridgehead atoms. The normalized spacial score (nSPS) is 11.3. The van der Waals surface area contributed by atoms with Crippen LogP contribution in [0.15, 0.2) is 84.9 Å². The van der Waals surface area contributed by atoms with Crippen molar-refractivity contribution in [2.75, 3.05) is 11.9 Å². The Balaban J connectivity index is 1.43. The number of anilines is 1. The van der Waals surface area contributed by atoms with E-state index >= 15 is 0 Å². The molecule has 0 saturated carbocycles. The van der Waals surface area contributed by atoms with Gasteiger partial charge in [-0.25, -0.2) is 0 Å². The number of carbonyl (C=O) groups is 3. The van der Waals surface area contributed by atoms with E-state index in [0.29, 0.717) is 17.7 Å². The standard InChI is InChI=1S/C27H28N2O4/c1-20(22-11-6-3-7-12-22)28-27(32)23-13-8-14-24(19-23)29-25(30)15-16-26(31)33-18-17-21-9-4-2-5-10-21/h2-14,19-20H,15-18H2,1H3,(H,28,32)(H,29,30). The first-order valence-electron chi connectivity index (χ1n) is 11.0. The fraction of sp³-hybridized carbons (Fsp3) is 0.222. The summed E-state index contributed by atoms with van der Waals surface area (Å²) in [6, 6.07) is 26.0. The van der Waals surface area contributed by atoms with Crippen molar-refractivity contribution in [3.05, 3.63) is 102 Å². The summed E-state index contributed by atoms with van der Waals surface area (Å²) in [5.74, 6) is -0.959. The van der Waals surface area contributed by atoms with Crippen LogP contribution in [-0.4, -0.2) is 24.4 Å². The Hall–Kier alpha value is -3.93. The molecule has 0 radical (unpaired) electrons. The Bertz CT molecular complexity index is 1070. The van der Waals surface area contributed by atoms with Gasteiger partial charge in [-0.2, -0.15) is 0 Å². The van der Waals surface area contributed by atoms with Crippen molar-refractivity contribution < 1.29 is 19.1 Å². The third kappa shape index (κ3) is 7.92. The van der Waals surface area contributed by atoms with Gasteiger partial charge in [-0.15, -0.1) is 0 Å². The topological polar surface area (TPSA) is 84.5 Å². The number of ether oxygens (including phenoxy) is 1. The number of hydrogen-bond donors (Lipinski definition) is 2. The Kier molecular flexibility index (Phi) is 8.77. The van der Waals surface area contributed by atoms with Crippen LogP contribution in [0, 0.1) is 0 Å². The first-order valence-corrected chi connectivity index (χ1v) is 11.0. The zero-order valence-corrected chi connectivity index (χ0v) is 18.6. The quantitative estimate of drug-likeness (QED) is 0.445. The maximum Gasteiger partial charge on any atom is 0.306 e. The highest BCUT2D eigenvalue weighted by Crippen LogP contribution is 2.15. The third-order valence-corrected chi connectivity index (χ3v) is 5.11. The summed E-state index contributed by atoms with van der Waals surface area (Å²) in [7, 11) is 0. The molecule has 6 heteroatoms. The van der Waals surface area contributed by atoms with E-state index in [4.69, 9.17) is 4.74 Å². The minimum absolute atomic E-state index is 0.00457. The van der Waals surface area contributed by atoms with Gasteiger partial charge in [0.15, 0.2) is 0 Å². The molecule has 170 valence electrons. The number of benzene rings is 3. The summed E-state index contributed by atoms with van der Waals surface area (Å²) in [6.07, 6.45) is 0.636. The minimum Gasteiger partial charge on any atom is -0.465 e. The number of amides is 2. The Morgan fingerprint density at radius 1 is 0.848 bits per heavy atom. The molecule has 1 unspecified atom stereocenters. The lowest BCUT2D eigenvalue weighted by atomic mass is 10.1. The van der Waals surface area contributed by atoms with Gasteiger partial charge in [0.1, 0.15) is 0 Å². The van der Waals surface area contributed by atoms with E-state index in [1.54, 1.807) is 24.3 Å². The number of hydrogen-bond acceptors (Lipinski definition) is 4. The number of carbonyl (C=O) groups excluding carboxylic acids is 3. The smallest absolute Gasteiger partial charge is 0.306 e. The van der Waals surface area contributed by atoms with Crippen molar-refractivity contribution in [2.45, 2.75) is 32.2 Å². The van der Waals surface area contributed by atoms with E-state index in [1.165, 1.54) is 0 Å². The lowest BCUT2D eigenvalue weighted by molar-refractivity contribution is -0.144. The molecule has 0 heterocycles. The van der Waals surface area contributed by atoms with Gasteiger partial charge >= 0.3 is 5.97 Å². The molecule has 3 rings (SSSR count). The average Bonchev–Trinajstić information content (AvgIpc) is 2.84. The van der Waals surface area contributed by atoms with Crippen molar-refractivity contribution in [1.29, 1.82) is 0 Å². The average molecular weight is 445 g/mol. The molecule has 33 heavy (non-hydrogen) atoms. The molecule has 2 N–H and O–H groups in total. The molecule has 0 saturated heterocycles. The monoisotopic (exact) mass is 444 g/mol. The fourth-order valence-corrected chi connectivity index (χ4v) is 3.28. The molecular weight excluding hydrogens is 416 g/mol. The first kappa shape index (κ1) is 23.7. The van der Waals surface area contributed by atoms with Crippen LogP contribution >= 0.6 is 0 Å². The van der Waals surface area contributed by atoms with Crippen molar-refractivity contribution >= 4 is 23.5 Å². The van der Waals surface area contributed by atoms with Crippen molar-refractivity contribution in [3.63, 3.8) is 0 Å². The highest BCUT2D eigenvalue weighted by atomic mass is 16.5. The molecule has 3 aromatic carbocycles. The van der Waals surface area contributed by atoms with E-state index in [0.717, 1.165) is 11.1 Å². The van der Waals surface area contributed by atoms with Crippen molar-refractivity contribution in [1.82, 2.24) is 5.32 Å². The lowest BCUT2D eigenvalue weighted by Crippen LogP contribution is -2.26. The lowest BCUT2D eigenvalue weighted by Gasteiger charge is -2.15. The van der Waals surface area contributed by atoms with Gasteiger partial charge in [-0.05, 0) is 36.2 Å². The van der Waals surface area contributed by atoms with Gasteiger partial charge in [0.2, 0.25) is 5.91 Å². The van der Waals surface area contributed by atoms with Crippen LogP contribution in [0.5, 0.6) is 0 Å². The summed E-state index contributed by atoms with van der Waals surface area (Å²) in [5, 5.41) is 5.68. The van der Waals surface area contributed by atoms with Gasteiger partial charge in [-0.3, -0.25) is 14.4 Å². The number of esters is 1. The maximum absolute atomic E-state index is 12.6. The third-order valence-electron chi connectivity index (χ3n) is 5.11. The SMILES string of the molecule is CC(NC(=O)c1cccc(NC(=O)CCC(=O)OCCc2ccccc2)c1)c1ccccc1. The second kappa shape index (κ2) is 12.2. The summed E-state index contributed by atoms with van der Waals surface area (Å²) in [5.41, 5.74) is 3.03. The van der Waals surface area contributed by atoms with Crippen LogP contribution < -0.4 is 10.6 Å². The van der Waals surface area contributed by atoms with Crippen LogP contribution in [-0.2, 0) is 20.7 Å². The summed E-state index contributed by atoms with van der Waals surface area (Å²) in [6.45, 7) is 2.20. The van der Waals surface area contributed by atoms with Crippen LogP contribution in [0.1, 0.15) is 47.3 Å². The summed E-state index contributed by atoms with van der Waals surface area (Å²) in [4.78, 5) is 36.7. The van der Waals surface area contributed by atoms with E-state index in [1.807, 2.05) is 67.6 Å². The molecule has 0 spiro atoms. The minimum atomic E-state index is -0.413. The molecule has 0 fully saturated rings. The molecule has 2 amide bonds. The van der Waals surface area contributed by atoms with Gasteiger partial charge in [0.25, 0.3) is 5.91 Å². The molecule has 1 atom stereocenters. The Morgan fingerprint density at radius 3 is 2.27 bits per heavy atom. The number of rotatable bonds is 10. The predicted molar refractivity (Wildman–Crippen MR) is 128 cm³/mol. The molecule has 3 aromatic rings. The van der Waals surface area contributed by atoms with E-state index in [2.05, 4.69) is 10.6 Å². The summed E-state index contributed by atoms with van der Waals surface area (Å²) < 4.78 is 5.20. The molecule has 6 nitrogen and oxygen atoms in total. The van der Waals surface area contributed by atoms with E-state index in [-0.39, 0.29) is 37.3 Å². The highest BCUT2D eigenvalue weighted by Gasteiger charge is 2.13. The van der Waals surface area contributed by atoms with Crippen molar-refractivity contribution in [2.24, 2.45) is 0 Å². The highest BCUT2D eigenvalue weighted by molar-refractivity contribution is 5.97. The Labute approximate surface area is 194 Å². The van der Waals surface area contributed by atoms with Gasteiger partial charge in [0, 0.05) is 24.1 Å². The first-order chi connectivity index (χ1) is 16.0. The number of nitrogens with one attached hydrogen (secondary N) is 2. The van der Waals surface area contributed by atoms with E-state index < -0.39 is 5.97 Å². The van der Waals surface area contributed by atoms with Gasteiger partial charge < -0.3 is 15.4 Å². The van der Waals surface area contributed by atoms with E-state index in [9.17, 15) is 14.4 Å². The fourth-order valence-electron chi connectivity index (χ4n) is 3.28.